The minimum Gasteiger partial charge on any atom is -0.469 e. The number of fused-ring (bicyclic) bond motifs is 2. The van der Waals surface area contributed by atoms with Crippen molar-refractivity contribution >= 4 is 5.97 Å². The first-order valence-electron chi connectivity index (χ1n) is 11.1. The fourth-order valence-corrected chi connectivity index (χ4v) is 5.27. The molecule has 2 bridgehead atoms. The number of unbranched alkanes of at least 4 members (excludes halogenated alkanes) is 1. The highest BCUT2D eigenvalue weighted by atomic mass is 16.5. The van der Waals surface area contributed by atoms with Gasteiger partial charge in [0.1, 0.15) is 0 Å². The fourth-order valence-electron chi connectivity index (χ4n) is 5.27. The molecule has 2 aromatic rings. The second kappa shape index (κ2) is 9.49. The number of carbonyl (C=O) groups excluding carboxylic acids is 1. The number of hydrogen-bond acceptors (Lipinski definition) is 3. The molecule has 0 radical (unpaired) electrons. The molecule has 0 N–H and O–H groups in total. The van der Waals surface area contributed by atoms with Crippen molar-refractivity contribution in [2.24, 2.45) is 5.92 Å². The van der Waals surface area contributed by atoms with Crippen LogP contribution < -0.4 is 0 Å². The molecule has 4 rings (SSSR count). The van der Waals surface area contributed by atoms with E-state index in [0.717, 1.165) is 37.7 Å². The molecule has 2 saturated heterocycles. The summed E-state index contributed by atoms with van der Waals surface area (Å²) >= 11 is 0. The van der Waals surface area contributed by atoms with Crippen LogP contribution in [-0.2, 0) is 16.0 Å². The van der Waals surface area contributed by atoms with Gasteiger partial charge in [0.25, 0.3) is 0 Å². The number of esters is 1. The maximum Gasteiger partial charge on any atom is 0.310 e. The lowest BCUT2D eigenvalue weighted by Crippen LogP contribution is -2.49. The predicted molar refractivity (Wildman–Crippen MR) is 120 cm³/mol. The van der Waals surface area contributed by atoms with Crippen LogP contribution >= 0.6 is 0 Å². The molecule has 0 saturated carbocycles. The second-order valence-electron chi connectivity index (χ2n) is 8.62. The molecule has 0 aliphatic carbocycles. The number of methoxy groups -OCH3 is 1. The lowest BCUT2D eigenvalue weighted by Gasteiger charge is -2.41. The average Bonchev–Trinajstić information content (AvgIpc) is 3.01. The summed E-state index contributed by atoms with van der Waals surface area (Å²) in [7, 11) is 3.67. The van der Waals surface area contributed by atoms with Crippen LogP contribution in [0.4, 0.5) is 0 Å². The van der Waals surface area contributed by atoms with E-state index >= 15 is 0 Å². The summed E-state index contributed by atoms with van der Waals surface area (Å²) in [6.45, 7) is 0. The van der Waals surface area contributed by atoms with E-state index in [1.807, 2.05) is 0 Å². The molecule has 2 aromatic carbocycles. The zero-order valence-electron chi connectivity index (χ0n) is 18.0. The van der Waals surface area contributed by atoms with E-state index in [9.17, 15) is 4.79 Å². The number of carbonyl (C=O) groups is 1. The van der Waals surface area contributed by atoms with Gasteiger partial charge in [-0.1, -0.05) is 54.3 Å². The van der Waals surface area contributed by atoms with Gasteiger partial charge in [0.05, 0.1) is 13.0 Å². The van der Waals surface area contributed by atoms with Crippen molar-refractivity contribution < 1.29 is 9.53 Å². The molecule has 4 atom stereocenters. The van der Waals surface area contributed by atoms with Crippen molar-refractivity contribution in [2.45, 2.75) is 56.5 Å². The van der Waals surface area contributed by atoms with Crippen molar-refractivity contribution in [1.82, 2.24) is 4.90 Å². The number of nitrogens with zero attached hydrogens (tertiary/aromatic N) is 1. The van der Waals surface area contributed by atoms with Crippen molar-refractivity contribution in [3.05, 3.63) is 71.3 Å². The highest BCUT2D eigenvalue weighted by molar-refractivity contribution is 5.75. The second-order valence-corrected chi connectivity index (χ2v) is 8.62. The first kappa shape index (κ1) is 20.7. The summed E-state index contributed by atoms with van der Waals surface area (Å²) in [5.74, 6) is 6.69. The van der Waals surface area contributed by atoms with Crippen LogP contribution in [0.5, 0.6) is 0 Å². The Labute approximate surface area is 180 Å². The van der Waals surface area contributed by atoms with Crippen LogP contribution in [-0.4, -0.2) is 37.1 Å². The van der Waals surface area contributed by atoms with Gasteiger partial charge >= 0.3 is 5.97 Å². The standard InChI is InChI=1S/C27H31NO2/c1-28-23-17-18-25(28)26(27(29)30-2)24(19-23)22-15-13-21(14-16-22)12-8-4-7-11-20-9-5-3-6-10-20/h3,5-6,9-10,13-16,23-26H,4,7,11,17-19H2,1-2H3/t23-,24+,25+,26-/m0/s1. The summed E-state index contributed by atoms with van der Waals surface area (Å²) in [5.41, 5.74) is 3.66. The fraction of sp³-hybridized carbons (Fsp3) is 0.444. The highest BCUT2D eigenvalue weighted by Gasteiger charge is 2.49. The maximum atomic E-state index is 12.6. The molecule has 2 aliphatic heterocycles. The summed E-state index contributed by atoms with van der Waals surface area (Å²) in [4.78, 5) is 15.0. The zero-order chi connectivity index (χ0) is 20.9. The molecule has 30 heavy (non-hydrogen) atoms. The Balaban J connectivity index is 1.39. The third kappa shape index (κ3) is 4.45. The van der Waals surface area contributed by atoms with Gasteiger partial charge in [0, 0.05) is 30.0 Å². The number of aryl methyl sites for hydroxylation is 1. The molecule has 3 heteroatoms. The Morgan fingerprint density at radius 3 is 2.60 bits per heavy atom. The van der Waals surface area contributed by atoms with Crippen molar-refractivity contribution in [1.29, 1.82) is 0 Å². The summed E-state index contributed by atoms with van der Waals surface area (Å²) in [6.07, 6.45) is 6.34. The normalized spacial score (nSPS) is 25.4. The summed E-state index contributed by atoms with van der Waals surface area (Å²) in [5, 5.41) is 0. The van der Waals surface area contributed by atoms with Gasteiger partial charge in [-0.15, -0.1) is 0 Å². The molecule has 0 amide bonds. The molecule has 3 nitrogen and oxygen atoms in total. The number of hydrogen-bond donors (Lipinski definition) is 0. The van der Waals surface area contributed by atoms with Crippen molar-refractivity contribution in [3.8, 4) is 11.8 Å². The van der Waals surface area contributed by atoms with Crippen LogP contribution in [0.2, 0.25) is 0 Å². The van der Waals surface area contributed by atoms with E-state index in [1.165, 1.54) is 24.7 Å². The Kier molecular flexibility index (Phi) is 6.55. The van der Waals surface area contributed by atoms with Gasteiger partial charge in [0.15, 0.2) is 0 Å². The lowest BCUT2D eigenvalue weighted by atomic mass is 9.76. The topological polar surface area (TPSA) is 29.5 Å². The minimum atomic E-state index is -0.0753. The molecular weight excluding hydrogens is 370 g/mol. The Morgan fingerprint density at radius 2 is 1.87 bits per heavy atom. The number of benzene rings is 2. The molecule has 0 spiro atoms. The van der Waals surface area contributed by atoms with E-state index in [0.29, 0.717) is 12.1 Å². The number of ether oxygens (including phenoxy) is 1. The predicted octanol–water partition coefficient (Wildman–Crippen LogP) is 4.80. The van der Waals surface area contributed by atoms with Gasteiger partial charge < -0.3 is 4.74 Å². The first-order valence-corrected chi connectivity index (χ1v) is 11.1. The van der Waals surface area contributed by atoms with E-state index in [4.69, 9.17) is 4.74 Å². The molecule has 0 aromatic heterocycles. The van der Waals surface area contributed by atoms with Crippen LogP contribution in [0.25, 0.3) is 0 Å². The molecule has 2 fully saturated rings. The monoisotopic (exact) mass is 401 g/mol. The summed E-state index contributed by atoms with van der Waals surface area (Å²) < 4.78 is 5.18. The largest absolute Gasteiger partial charge is 0.469 e. The smallest absolute Gasteiger partial charge is 0.310 e. The molecule has 2 heterocycles. The van der Waals surface area contributed by atoms with Gasteiger partial charge in [-0.3, -0.25) is 9.69 Å². The quantitative estimate of drug-likeness (QED) is 0.409. The Morgan fingerprint density at radius 1 is 1.10 bits per heavy atom. The Bertz CT molecular complexity index is 909. The van der Waals surface area contributed by atoms with E-state index in [1.54, 1.807) is 0 Å². The van der Waals surface area contributed by atoms with Gasteiger partial charge in [-0.2, -0.15) is 0 Å². The van der Waals surface area contributed by atoms with Crippen LogP contribution in [0.3, 0.4) is 0 Å². The van der Waals surface area contributed by atoms with E-state index in [2.05, 4.69) is 78.4 Å². The number of rotatable bonds is 5. The van der Waals surface area contributed by atoms with Crippen LogP contribution in [0.15, 0.2) is 54.6 Å². The molecule has 156 valence electrons. The van der Waals surface area contributed by atoms with Gasteiger partial charge in [-0.25, -0.2) is 0 Å². The first-order chi connectivity index (χ1) is 14.7. The summed E-state index contributed by atoms with van der Waals surface area (Å²) in [6, 6.07) is 20.0. The minimum absolute atomic E-state index is 0.0699. The van der Waals surface area contributed by atoms with Crippen LogP contribution in [0.1, 0.15) is 54.7 Å². The van der Waals surface area contributed by atoms with Crippen molar-refractivity contribution in [2.75, 3.05) is 14.2 Å². The maximum absolute atomic E-state index is 12.6. The lowest BCUT2D eigenvalue weighted by molar-refractivity contribution is -0.150. The van der Waals surface area contributed by atoms with Crippen molar-refractivity contribution in [3.63, 3.8) is 0 Å². The highest BCUT2D eigenvalue weighted by Crippen LogP contribution is 2.46. The molecule has 0 unspecified atom stereocenters. The van der Waals surface area contributed by atoms with Crippen LogP contribution in [0, 0.1) is 17.8 Å². The molecular formula is C27H31NO2. The average molecular weight is 402 g/mol. The van der Waals surface area contributed by atoms with E-state index in [-0.39, 0.29) is 17.8 Å². The number of piperidine rings is 1. The molecule has 2 aliphatic rings. The zero-order valence-corrected chi connectivity index (χ0v) is 18.0. The van der Waals surface area contributed by atoms with Gasteiger partial charge in [-0.05, 0) is 62.4 Å². The van der Waals surface area contributed by atoms with Gasteiger partial charge in [0.2, 0.25) is 0 Å². The third-order valence-corrected chi connectivity index (χ3v) is 6.92. The third-order valence-electron chi connectivity index (χ3n) is 6.92. The Hall–Kier alpha value is -2.57. The SMILES string of the molecule is COC(=O)[C@H]1[C@@H](c2ccc(C#CCCCc3ccccc3)cc2)C[C@@H]2CC[C@H]1N2C. The van der Waals surface area contributed by atoms with E-state index < -0.39 is 0 Å².